The van der Waals surface area contributed by atoms with Gasteiger partial charge < -0.3 is 10.6 Å². The molecule has 2 amide bonds. The van der Waals surface area contributed by atoms with Gasteiger partial charge in [0.15, 0.2) is 0 Å². The quantitative estimate of drug-likeness (QED) is 0.729. The Morgan fingerprint density at radius 2 is 2.09 bits per heavy atom. The Morgan fingerprint density at radius 1 is 1.32 bits per heavy atom. The summed E-state index contributed by atoms with van der Waals surface area (Å²) in [5, 5.41) is 13.5. The second-order valence-electron chi connectivity index (χ2n) is 4.59. The van der Waals surface area contributed by atoms with Crippen molar-refractivity contribution >= 4 is 40.9 Å². The fourth-order valence-electron chi connectivity index (χ4n) is 1.79. The molecule has 0 atom stereocenters. The molecule has 0 fully saturated rings. The molecule has 0 aromatic carbocycles. The zero-order valence-corrected chi connectivity index (χ0v) is 13.7. The molecular weight excluding hydrogens is 327 g/mol. The molecule has 22 heavy (non-hydrogen) atoms. The minimum absolute atomic E-state index is 0.306. The third-order valence-electron chi connectivity index (χ3n) is 2.75. The molecule has 2 heterocycles. The van der Waals surface area contributed by atoms with Gasteiger partial charge in [0.25, 0.3) is 0 Å². The highest BCUT2D eigenvalue weighted by molar-refractivity contribution is 6.35. The van der Waals surface area contributed by atoms with Crippen LogP contribution < -0.4 is 16.0 Å². The Hall–Kier alpha value is -1.99. The van der Waals surface area contributed by atoms with E-state index in [9.17, 15) is 4.79 Å². The van der Waals surface area contributed by atoms with E-state index in [1.54, 1.807) is 23.9 Å². The van der Waals surface area contributed by atoms with E-state index in [4.69, 9.17) is 23.2 Å². The summed E-state index contributed by atoms with van der Waals surface area (Å²) in [6.07, 6.45) is 1.50. The van der Waals surface area contributed by atoms with E-state index in [0.717, 1.165) is 5.69 Å². The van der Waals surface area contributed by atoms with Gasteiger partial charge in [0.05, 0.1) is 15.7 Å². The number of amides is 2. The van der Waals surface area contributed by atoms with E-state index in [-0.39, 0.29) is 6.03 Å². The fourth-order valence-corrected chi connectivity index (χ4v) is 2.24. The first-order chi connectivity index (χ1) is 10.5. The molecule has 0 saturated heterocycles. The van der Waals surface area contributed by atoms with Crippen molar-refractivity contribution in [3.8, 4) is 0 Å². The van der Waals surface area contributed by atoms with Gasteiger partial charge in [0.1, 0.15) is 11.6 Å². The van der Waals surface area contributed by atoms with Gasteiger partial charge in [0, 0.05) is 32.4 Å². The smallest absolute Gasteiger partial charge is 0.320 e. The van der Waals surface area contributed by atoms with Crippen molar-refractivity contribution in [2.24, 2.45) is 7.05 Å². The van der Waals surface area contributed by atoms with Gasteiger partial charge in [-0.2, -0.15) is 5.10 Å². The normalized spacial score (nSPS) is 10.4. The molecule has 0 bridgehead atoms. The van der Waals surface area contributed by atoms with Crippen molar-refractivity contribution in [3.05, 3.63) is 34.1 Å². The van der Waals surface area contributed by atoms with Gasteiger partial charge in [-0.1, -0.05) is 23.2 Å². The third kappa shape index (κ3) is 4.51. The number of carbonyl (C=O) groups is 1. The second kappa shape index (κ2) is 7.33. The van der Waals surface area contributed by atoms with E-state index in [0.29, 0.717) is 34.8 Å². The molecule has 0 aliphatic rings. The molecule has 0 spiro atoms. The summed E-state index contributed by atoms with van der Waals surface area (Å²) in [6.45, 7) is 2.74. The Morgan fingerprint density at radius 3 is 2.73 bits per heavy atom. The molecule has 7 nitrogen and oxygen atoms in total. The van der Waals surface area contributed by atoms with Crippen LogP contribution in [0.25, 0.3) is 0 Å². The number of nitrogens with one attached hydrogen (secondary N) is 3. The Kier molecular flexibility index (Phi) is 5.46. The zero-order chi connectivity index (χ0) is 16.1. The number of hydrogen-bond acceptors (Lipinski definition) is 4. The highest BCUT2D eigenvalue weighted by atomic mass is 35.5. The SMILES string of the molecule is Cc1cc(NC(=O)NCCNc2ncc(Cl)cc2Cl)n(C)n1. The highest BCUT2D eigenvalue weighted by Gasteiger charge is 2.06. The number of rotatable bonds is 5. The fraction of sp³-hybridized carbons (Fsp3) is 0.308. The number of halogens is 2. The van der Waals surface area contributed by atoms with Gasteiger partial charge in [-0.05, 0) is 13.0 Å². The lowest BCUT2D eigenvalue weighted by Crippen LogP contribution is -2.33. The van der Waals surface area contributed by atoms with Crippen molar-refractivity contribution in [3.63, 3.8) is 0 Å². The number of carbonyl (C=O) groups excluding carboxylic acids is 1. The predicted molar refractivity (Wildman–Crippen MR) is 87.7 cm³/mol. The van der Waals surface area contributed by atoms with Crippen LogP contribution in [-0.4, -0.2) is 33.9 Å². The maximum absolute atomic E-state index is 11.7. The standard InChI is InChI=1S/C13H16Cl2N6O/c1-8-5-11(21(2)20-8)19-13(22)17-4-3-16-12-10(15)6-9(14)7-18-12/h5-7H,3-4H2,1-2H3,(H,16,18)(H2,17,19,22). The number of pyridine rings is 1. The van der Waals surface area contributed by atoms with Crippen LogP contribution in [0.3, 0.4) is 0 Å². The van der Waals surface area contributed by atoms with Crippen LogP contribution in [0.4, 0.5) is 16.4 Å². The molecular formula is C13H16Cl2N6O. The third-order valence-corrected chi connectivity index (χ3v) is 3.25. The maximum atomic E-state index is 11.7. The minimum Gasteiger partial charge on any atom is -0.367 e. The maximum Gasteiger partial charge on any atom is 0.320 e. The van der Waals surface area contributed by atoms with Crippen LogP contribution in [-0.2, 0) is 7.05 Å². The number of urea groups is 1. The van der Waals surface area contributed by atoms with Gasteiger partial charge >= 0.3 is 6.03 Å². The van der Waals surface area contributed by atoms with Crippen LogP contribution in [0.5, 0.6) is 0 Å². The van der Waals surface area contributed by atoms with Gasteiger partial charge in [-0.15, -0.1) is 0 Å². The van der Waals surface area contributed by atoms with Crippen molar-refractivity contribution in [1.82, 2.24) is 20.1 Å². The van der Waals surface area contributed by atoms with Gasteiger partial charge in [-0.3, -0.25) is 10.00 Å². The molecule has 2 aromatic heterocycles. The summed E-state index contributed by atoms with van der Waals surface area (Å²) < 4.78 is 1.60. The summed E-state index contributed by atoms with van der Waals surface area (Å²) >= 11 is 11.7. The van der Waals surface area contributed by atoms with Crippen LogP contribution in [0, 0.1) is 6.92 Å². The van der Waals surface area contributed by atoms with E-state index in [1.165, 1.54) is 6.20 Å². The minimum atomic E-state index is -0.306. The molecule has 0 aliphatic heterocycles. The monoisotopic (exact) mass is 342 g/mol. The van der Waals surface area contributed by atoms with E-state index < -0.39 is 0 Å². The topological polar surface area (TPSA) is 83.9 Å². The van der Waals surface area contributed by atoms with Crippen LogP contribution >= 0.6 is 23.2 Å². The number of anilines is 2. The van der Waals surface area contributed by atoms with Crippen molar-refractivity contribution in [2.45, 2.75) is 6.92 Å². The lowest BCUT2D eigenvalue weighted by atomic mass is 10.4. The molecule has 9 heteroatoms. The molecule has 0 aliphatic carbocycles. The molecule has 3 N–H and O–H groups in total. The summed E-state index contributed by atoms with van der Waals surface area (Å²) in [5.74, 6) is 1.15. The zero-order valence-electron chi connectivity index (χ0n) is 12.2. The summed E-state index contributed by atoms with van der Waals surface area (Å²) in [5.41, 5.74) is 0.836. The first-order valence-electron chi connectivity index (χ1n) is 6.56. The summed E-state index contributed by atoms with van der Waals surface area (Å²) in [4.78, 5) is 15.8. The highest BCUT2D eigenvalue weighted by Crippen LogP contribution is 2.21. The molecule has 2 aromatic rings. The predicted octanol–water partition coefficient (Wildman–Crippen LogP) is 2.66. The molecule has 118 valence electrons. The van der Waals surface area contributed by atoms with E-state index in [1.807, 2.05) is 6.92 Å². The van der Waals surface area contributed by atoms with Crippen molar-refractivity contribution < 1.29 is 4.79 Å². The number of hydrogen-bond donors (Lipinski definition) is 3. The lowest BCUT2D eigenvalue weighted by molar-refractivity contribution is 0.252. The van der Waals surface area contributed by atoms with Crippen molar-refractivity contribution in [1.29, 1.82) is 0 Å². The number of nitrogens with zero attached hydrogens (tertiary/aromatic N) is 3. The lowest BCUT2D eigenvalue weighted by Gasteiger charge is -2.09. The van der Waals surface area contributed by atoms with Crippen molar-refractivity contribution in [2.75, 3.05) is 23.7 Å². The molecule has 2 rings (SSSR count). The number of aromatic nitrogens is 3. The second-order valence-corrected chi connectivity index (χ2v) is 5.43. The van der Waals surface area contributed by atoms with E-state index in [2.05, 4.69) is 26.0 Å². The molecule has 0 saturated carbocycles. The summed E-state index contributed by atoms with van der Waals surface area (Å²) in [6, 6.07) is 3.08. The molecule has 0 radical (unpaired) electrons. The van der Waals surface area contributed by atoms with Crippen LogP contribution in [0.2, 0.25) is 10.0 Å². The number of aryl methyl sites for hydroxylation is 2. The first-order valence-corrected chi connectivity index (χ1v) is 7.31. The van der Waals surface area contributed by atoms with Crippen LogP contribution in [0.15, 0.2) is 18.3 Å². The largest absolute Gasteiger partial charge is 0.367 e. The molecule has 0 unspecified atom stereocenters. The average molecular weight is 343 g/mol. The Bertz CT molecular complexity index is 673. The first kappa shape index (κ1) is 16.4. The van der Waals surface area contributed by atoms with Crippen LogP contribution in [0.1, 0.15) is 5.69 Å². The van der Waals surface area contributed by atoms with Gasteiger partial charge in [0.2, 0.25) is 0 Å². The Labute approximate surface area is 138 Å². The summed E-state index contributed by atoms with van der Waals surface area (Å²) in [7, 11) is 1.76. The van der Waals surface area contributed by atoms with Gasteiger partial charge in [-0.25, -0.2) is 9.78 Å². The van der Waals surface area contributed by atoms with E-state index >= 15 is 0 Å². The average Bonchev–Trinajstić information content (AvgIpc) is 2.75. The Balaban J connectivity index is 1.74.